The molecule has 15 heavy (non-hydrogen) atoms. The van der Waals surface area contributed by atoms with Gasteiger partial charge in [0, 0.05) is 14.7 Å². The van der Waals surface area contributed by atoms with Crippen molar-refractivity contribution in [2.45, 2.75) is 18.2 Å². The molecule has 1 atom stereocenters. The van der Waals surface area contributed by atoms with Gasteiger partial charge in [-0.2, -0.15) is 0 Å². The number of ketones is 1. The Kier molecular flexibility index (Phi) is 4.64. The van der Waals surface area contributed by atoms with Crippen LogP contribution < -0.4 is 0 Å². The van der Waals surface area contributed by atoms with Gasteiger partial charge in [-0.1, -0.05) is 28.1 Å². The van der Waals surface area contributed by atoms with Crippen LogP contribution in [0.4, 0.5) is 8.78 Å². The second kappa shape index (κ2) is 5.34. The molecule has 0 bridgehead atoms. The van der Waals surface area contributed by atoms with E-state index in [0.717, 1.165) is 0 Å². The molecule has 0 saturated carbocycles. The third kappa shape index (κ3) is 3.21. The average molecular weight is 389 g/mol. The summed E-state index contributed by atoms with van der Waals surface area (Å²) in [6, 6.07) is 4.22. The molecule has 0 aliphatic heterocycles. The molecule has 0 radical (unpaired) electrons. The molecule has 0 fully saturated rings. The van der Waals surface area contributed by atoms with E-state index in [2.05, 4.69) is 15.9 Å². The summed E-state index contributed by atoms with van der Waals surface area (Å²) >= 11 is 4.96. The minimum absolute atomic E-state index is 0.0330. The zero-order valence-corrected chi connectivity index (χ0v) is 11.6. The Morgan fingerprint density at radius 2 is 2.07 bits per heavy atom. The highest BCUT2D eigenvalue weighted by Gasteiger charge is 2.16. The van der Waals surface area contributed by atoms with Gasteiger partial charge >= 0.3 is 0 Å². The molecule has 82 valence electrons. The molecule has 0 N–H and O–H groups in total. The van der Waals surface area contributed by atoms with Crippen molar-refractivity contribution >= 4 is 44.3 Å². The van der Waals surface area contributed by atoms with Crippen molar-refractivity contribution in [3.63, 3.8) is 0 Å². The van der Waals surface area contributed by atoms with Crippen molar-refractivity contribution in [1.29, 1.82) is 0 Å². The number of carbonyl (C=O) groups is 1. The lowest BCUT2D eigenvalue weighted by Crippen LogP contribution is -2.10. The highest BCUT2D eigenvalue weighted by atomic mass is 127. The van der Waals surface area contributed by atoms with E-state index in [-0.39, 0.29) is 16.2 Å². The Balaban J connectivity index is 3.07. The summed E-state index contributed by atoms with van der Waals surface area (Å²) in [5.74, 6) is -0.103. The number of Topliss-reactive ketones (excluding diaryl/α,β-unsaturated/α-hetero) is 1. The Labute approximate surface area is 109 Å². The van der Waals surface area contributed by atoms with Gasteiger partial charge in [-0.15, -0.1) is 0 Å². The lowest BCUT2D eigenvalue weighted by molar-refractivity contribution is 0.0995. The molecule has 0 aromatic heterocycles. The van der Waals surface area contributed by atoms with Crippen LogP contribution in [0, 0.1) is 3.57 Å². The minimum Gasteiger partial charge on any atom is -0.293 e. The Morgan fingerprint density at radius 3 is 2.47 bits per heavy atom. The lowest BCUT2D eigenvalue weighted by atomic mass is 10.1. The maximum atomic E-state index is 12.4. The highest BCUT2D eigenvalue weighted by Crippen LogP contribution is 2.25. The number of alkyl halides is 3. The fraction of sp³-hybridized carbons (Fsp3) is 0.300. The van der Waals surface area contributed by atoms with Crippen LogP contribution in [0.15, 0.2) is 18.2 Å². The van der Waals surface area contributed by atoms with Gasteiger partial charge in [0.1, 0.15) is 0 Å². The van der Waals surface area contributed by atoms with Crippen molar-refractivity contribution in [3.8, 4) is 0 Å². The molecule has 1 unspecified atom stereocenters. The lowest BCUT2D eigenvalue weighted by Gasteiger charge is -2.07. The van der Waals surface area contributed by atoms with Gasteiger partial charge in [-0.3, -0.25) is 4.79 Å². The molecule has 1 aromatic carbocycles. The number of benzene rings is 1. The fourth-order valence-corrected chi connectivity index (χ4v) is 2.10. The standard InChI is InChI=1S/C10H8BrF2IO/c1-5(11)9(15)6-2-3-7(10(12)13)8(14)4-6/h2-5,10H,1H3. The van der Waals surface area contributed by atoms with Crippen molar-refractivity contribution in [2.24, 2.45) is 0 Å². The number of hydrogen-bond donors (Lipinski definition) is 0. The van der Waals surface area contributed by atoms with E-state index < -0.39 is 6.43 Å². The largest absolute Gasteiger partial charge is 0.293 e. The number of rotatable bonds is 3. The normalized spacial score (nSPS) is 12.9. The van der Waals surface area contributed by atoms with E-state index in [1.807, 2.05) is 22.6 Å². The van der Waals surface area contributed by atoms with E-state index in [4.69, 9.17) is 0 Å². The zero-order chi connectivity index (χ0) is 11.6. The Hall–Kier alpha value is -0.0400. The summed E-state index contributed by atoms with van der Waals surface area (Å²) in [6.45, 7) is 1.70. The van der Waals surface area contributed by atoms with E-state index >= 15 is 0 Å². The topological polar surface area (TPSA) is 17.1 Å². The first-order chi connectivity index (χ1) is 6.93. The fourth-order valence-electron chi connectivity index (χ4n) is 1.09. The van der Waals surface area contributed by atoms with Crippen LogP contribution in [0.25, 0.3) is 0 Å². The third-order valence-electron chi connectivity index (χ3n) is 1.88. The van der Waals surface area contributed by atoms with Crippen LogP contribution >= 0.6 is 38.5 Å². The monoisotopic (exact) mass is 388 g/mol. The first-order valence-corrected chi connectivity index (χ1v) is 6.18. The molecule has 0 heterocycles. The molecular formula is C10H8BrF2IO. The van der Waals surface area contributed by atoms with E-state index in [0.29, 0.717) is 9.13 Å². The molecule has 1 nitrogen and oxygen atoms in total. The number of halogens is 4. The summed E-state index contributed by atoms with van der Waals surface area (Å²) in [7, 11) is 0. The highest BCUT2D eigenvalue weighted by molar-refractivity contribution is 14.1. The van der Waals surface area contributed by atoms with Crippen molar-refractivity contribution in [3.05, 3.63) is 32.9 Å². The van der Waals surface area contributed by atoms with Gasteiger partial charge in [0.25, 0.3) is 6.43 Å². The van der Waals surface area contributed by atoms with Gasteiger partial charge in [-0.25, -0.2) is 8.78 Å². The van der Waals surface area contributed by atoms with Crippen LogP contribution in [0.1, 0.15) is 29.3 Å². The van der Waals surface area contributed by atoms with E-state index in [1.54, 1.807) is 6.92 Å². The zero-order valence-electron chi connectivity index (χ0n) is 7.81. The van der Waals surface area contributed by atoms with Gasteiger partial charge in [0.15, 0.2) is 5.78 Å². The first-order valence-electron chi connectivity index (χ1n) is 4.19. The van der Waals surface area contributed by atoms with Crippen molar-refractivity contribution in [1.82, 2.24) is 0 Å². The summed E-state index contributed by atoms with van der Waals surface area (Å²) in [6.07, 6.45) is -2.50. The van der Waals surface area contributed by atoms with Gasteiger partial charge in [-0.05, 0) is 35.6 Å². The van der Waals surface area contributed by atoms with Crippen LogP contribution in [-0.4, -0.2) is 10.6 Å². The molecule has 0 amide bonds. The SMILES string of the molecule is CC(Br)C(=O)c1ccc(C(F)F)c(I)c1. The summed E-state index contributed by atoms with van der Waals surface area (Å²) in [5, 5.41) is 0. The molecule has 5 heteroatoms. The summed E-state index contributed by atoms with van der Waals surface area (Å²) < 4.78 is 25.3. The Bertz CT molecular complexity index is 380. The minimum atomic E-state index is -2.50. The second-order valence-corrected chi connectivity index (χ2v) is 5.55. The predicted molar refractivity (Wildman–Crippen MR) is 66.8 cm³/mol. The predicted octanol–water partition coefficient (Wildman–Crippen LogP) is 4.19. The smallest absolute Gasteiger partial charge is 0.264 e. The molecule has 1 aromatic rings. The van der Waals surface area contributed by atoms with Crippen molar-refractivity contribution < 1.29 is 13.6 Å². The summed E-state index contributed by atoms with van der Waals surface area (Å²) in [5.41, 5.74) is 0.419. The number of carbonyl (C=O) groups excluding carboxylic acids is 1. The molecule has 0 spiro atoms. The second-order valence-electron chi connectivity index (χ2n) is 3.02. The van der Waals surface area contributed by atoms with Crippen LogP contribution in [-0.2, 0) is 0 Å². The van der Waals surface area contributed by atoms with E-state index in [9.17, 15) is 13.6 Å². The van der Waals surface area contributed by atoms with E-state index in [1.165, 1.54) is 18.2 Å². The Morgan fingerprint density at radius 1 is 1.47 bits per heavy atom. The maximum absolute atomic E-state index is 12.4. The van der Waals surface area contributed by atoms with Crippen molar-refractivity contribution in [2.75, 3.05) is 0 Å². The van der Waals surface area contributed by atoms with Gasteiger partial charge in [0.05, 0.1) is 4.83 Å². The van der Waals surface area contributed by atoms with Crippen LogP contribution in [0.5, 0.6) is 0 Å². The summed E-state index contributed by atoms with van der Waals surface area (Å²) in [4.78, 5) is 11.2. The van der Waals surface area contributed by atoms with Crippen LogP contribution in [0.3, 0.4) is 0 Å². The first kappa shape index (κ1) is 13.0. The third-order valence-corrected chi connectivity index (χ3v) is 3.23. The maximum Gasteiger partial charge on any atom is 0.264 e. The van der Waals surface area contributed by atoms with Gasteiger partial charge in [0.2, 0.25) is 0 Å². The molecule has 0 aliphatic rings. The van der Waals surface area contributed by atoms with Gasteiger partial charge < -0.3 is 0 Å². The van der Waals surface area contributed by atoms with Crippen LogP contribution in [0.2, 0.25) is 0 Å². The number of hydrogen-bond acceptors (Lipinski definition) is 1. The molecule has 0 aliphatic carbocycles. The quantitative estimate of drug-likeness (QED) is 0.431. The average Bonchev–Trinajstić information content (AvgIpc) is 2.15. The molecular weight excluding hydrogens is 381 g/mol. The molecule has 0 saturated heterocycles. The molecule has 1 rings (SSSR count).